The molecule has 7 saturated heterocycles. The minimum atomic E-state index is -2.03. The lowest BCUT2D eigenvalue weighted by atomic mass is 9.75. The molecule has 0 amide bonds. The zero-order chi connectivity index (χ0) is 46.9. The van der Waals surface area contributed by atoms with E-state index in [0.29, 0.717) is 38.5 Å². The maximum Gasteiger partial charge on any atom is 0.308 e. The molecule has 1 spiro atoms. The molecule has 17 nitrogen and oxygen atoms in total. The lowest BCUT2D eigenvalue weighted by Gasteiger charge is -2.53. The molecule has 0 aliphatic carbocycles. The van der Waals surface area contributed by atoms with Crippen molar-refractivity contribution in [2.75, 3.05) is 28.4 Å². The van der Waals surface area contributed by atoms with Crippen LogP contribution >= 0.6 is 0 Å². The van der Waals surface area contributed by atoms with Crippen molar-refractivity contribution in [1.82, 2.24) is 0 Å². The van der Waals surface area contributed by atoms with Crippen LogP contribution in [0.1, 0.15) is 120 Å². The van der Waals surface area contributed by atoms with Crippen LogP contribution in [0.2, 0.25) is 0 Å². The number of carbonyl (C=O) groups is 1. The number of aliphatic hydroxyl groups is 3. The normalized spacial score (nSPS) is 54.1. The molecule has 0 bridgehead atoms. The van der Waals surface area contributed by atoms with Crippen LogP contribution in [0, 0.1) is 29.6 Å². The van der Waals surface area contributed by atoms with Gasteiger partial charge in [-0.1, -0.05) is 34.6 Å². The molecule has 0 aromatic heterocycles. The molecular formula is C47H80O17. The predicted octanol–water partition coefficient (Wildman–Crippen LogP) is 4.32. The topological polar surface area (TPSA) is 209 Å². The highest BCUT2D eigenvalue weighted by Crippen LogP contribution is 2.55. The van der Waals surface area contributed by atoms with Gasteiger partial charge in [0.2, 0.25) is 0 Å². The molecule has 4 N–H and O–H groups in total. The summed E-state index contributed by atoms with van der Waals surface area (Å²) in [6.07, 6.45) is -3.18. The van der Waals surface area contributed by atoms with Gasteiger partial charge in [-0.15, -0.1) is 0 Å². The molecule has 24 atom stereocenters. The van der Waals surface area contributed by atoms with Gasteiger partial charge < -0.3 is 77.3 Å². The highest BCUT2D eigenvalue weighted by Gasteiger charge is 2.64. The molecule has 0 saturated carbocycles. The fraction of sp³-hybridized carbons (Fsp3) is 0.979. The van der Waals surface area contributed by atoms with Crippen LogP contribution in [0.25, 0.3) is 0 Å². The predicted molar refractivity (Wildman–Crippen MR) is 228 cm³/mol. The molecule has 17 heteroatoms. The number of carboxylic acid groups (broad SMARTS) is 1. The highest BCUT2D eigenvalue weighted by atomic mass is 16.7. The van der Waals surface area contributed by atoms with Crippen molar-refractivity contribution < 1.29 is 82.1 Å². The van der Waals surface area contributed by atoms with E-state index in [1.807, 2.05) is 34.6 Å². The number of hydrogen-bond donors (Lipinski definition) is 4. The fourth-order valence-electron chi connectivity index (χ4n) is 12.7. The van der Waals surface area contributed by atoms with Gasteiger partial charge in [-0.2, -0.15) is 0 Å². The molecule has 0 aromatic carbocycles. The highest BCUT2D eigenvalue weighted by molar-refractivity contribution is 5.68. The summed E-state index contributed by atoms with van der Waals surface area (Å²) < 4.78 is 77.6. The molecule has 7 fully saturated rings. The Morgan fingerprint density at radius 2 is 1.45 bits per heavy atom. The van der Waals surface area contributed by atoms with E-state index in [2.05, 4.69) is 13.8 Å². The third-order valence-electron chi connectivity index (χ3n) is 16.8. The number of ether oxygens (including phenoxy) is 12. The lowest BCUT2D eigenvalue weighted by Crippen LogP contribution is -2.65. The first kappa shape index (κ1) is 50.7. The Labute approximate surface area is 379 Å². The van der Waals surface area contributed by atoms with Crippen molar-refractivity contribution in [1.29, 1.82) is 0 Å². The van der Waals surface area contributed by atoms with Gasteiger partial charge >= 0.3 is 5.97 Å². The average molecular weight is 917 g/mol. The van der Waals surface area contributed by atoms with Crippen LogP contribution in [0.15, 0.2) is 0 Å². The number of aliphatic hydroxyl groups excluding tert-OH is 1. The van der Waals surface area contributed by atoms with E-state index < -0.39 is 102 Å². The van der Waals surface area contributed by atoms with Crippen molar-refractivity contribution in [3.63, 3.8) is 0 Å². The summed E-state index contributed by atoms with van der Waals surface area (Å²) in [5.74, 6) is -7.18. The van der Waals surface area contributed by atoms with E-state index in [9.17, 15) is 25.2 Å². The summed E-state index contributed by atoms with van der Waals surface area (Å²) in [5, 5.41) is 44.3. The summed E-state index contributed by atoms with van der Waals surface area (Å²) in [6, 6.07) is 0. The van der Waals surface area contributed by atoms with E-state index in [1.165, 1.54) is 14.2 Å². The van der Waals surface area contributed by atoms with E-state index >= 15 is 0 Å². The van der Waals surface area contributed by atoms with Crippen molar-refractivity contribution in [3.8, 4) is 0 Å². The molecule has 0 radical (unpaired) electrons. The fourth-order valence-corrected chi connectivity index (χ4v) is 12.7. The van der Waals surface area contributed by atoms with Crippen LogP contribution in [0.3, 0.4) is 0 Å². The van der Waals surface area contributed by atoms with Crippen LogP contribution < -0.4 is 0 Å². The number of hydrogen-bond acceptors (Lipinski definition) is 16. The Balaban J connectivity index is 1.09. The largest absolute Gasteiger partial charge is 0.481 e. The van der Waals surface area contributed by atoms with Gasteiger partial charge in [0.15, 0.2) is 23.7 Å². The summed E-state index contributed by atoms with van der Waals surface area (Å²) in [4.78, 5) is 11.9. The quantitative estimate of drug-likeness (QED) is 0.203. The summed E-state index contributed by atoms with van der Waals surface area (Å²) in [7, 11) is 6.37. The Morgan fingerprint density at radius 3 is 2.09 bits per heavy atom. The van der Waals surface area contributed by atoms with E-state index in [0.717, 1.165) is 6.42 Å². The molecule has 7 heterocycles. The first-order valence-electron chi connectivity index (χ1n) is 23.8. The second-order valence-electron chi connectivity index (χ2n) is 21.3. The number of aliphatic carboxylic acids is 1. The van der Waals surface area contributed by atoms with E-state index in [4.69, 9.17) is 56.8 Å². The number of methoxy groups -OCH3 is 4. The van der Waals surface area contributed by atoms with Crippen LogP contribution in [-0.4, -0.2) is 169 Å². The lowest BCUT2D eigenvalue weighted by molar-refractivity contribution is -0.365. The van der Waals surface area contributed by atoms with Crippen molar-refractivity contribution in [3.05, 3.63) is 0 Å². The Hall–Kier alpha value is -1.13. The van der Waals surface area contributed by atoms with E-state index in [-0.39, 0.29) is 60.8 Å². The summed E-state index contributed by atoms with van der Waals surface area (Å²) in [5.41, 5.74) is -1.60. The first-order chi connectivity index (χ1) is 30.0. The van der Waals surface area contributed by atoms with Gasteiger partial charge in [-0.05, 0) is 59.3 Å². The van der Waals surface area contributed by atoms with E-state index in [1.54, 1.807) is 28.1 Å². The van der Waals surface area contributed by atoms with Gasteiger partial charge in [0.05, 0.1) is 78.7 Å². The molecule has 7 aliphatic rings. The molecule has 7 rings (SSSR count). The maximum atomic E-state index is 11.9. The summed E-state index contributed by atoms with van der Waals surface area (Å²) >= 11 is 0. The van der Waals surface area contributed by atoms with Crippen molar-refractivity contribution in [2.45, 2.75) is 234 Å². The first-order valence-corrected chi connectivity index (χ1v) is 23.8. The minimum absolute atomic E-state index is 0.0406. The standard InChI is InChI=1S/C47H80O17/c1-23-18-24(2)45(9,51)61-36(23)31-19-32(58-35-20-30(53-10)40(55-12)28(6)57-35)42(59-31)44(8)15-14-33(60-44)43(7)16-17-46(64-43)21-29(48)25(3)37(62-46)26(4)38-41(56-13)39(54-11)27(5)47(52,63-38)22-34(49)50/h23-33,35-42,48,51-52H,14-22H2,1-13H3,(H,49,50)/t23-,24-,25+,26+,27-,28-,29-,30-,31+,32-,33+,35+,36-,37-,38-,39-,40-,41-,42+,43-,44-,45-,46+,47+/m0/s1. The molecule has 0 unspecified atom stereocenters. The van der Waals surface area contributed by atoms with Gasteiger partial charge in [0.1, 0.15) is 18.3 Å². The van der Waals surface area contributed by atoms with Crippen LogP contribution in [0.4, 0.5) is 0 Å². The smallest absolute Gasteiger partial charge is 0.308 e. The van der Waals surface area contributed by atoms with Gasteiger partial charge in [-0.25, -0.2) is 0 Å². The van der Waals surface area contributed by atoms with Crippen LogP contribution in [0.5, 0.6) is 0 Å². The van der Waals surface area contributed by atoms with Crippen molar-refractivity contribution >= 4 is 5.97 Å². The maximum absolute atomic E-state index is 11.9. The molecular weight excluding hydrogens is 836 g/mol. The second kappa shape index (κ2) is 19.0. The molecule has 7 aliphatic heterocycles. The number of carboxylic acids is 1. The monoisotopic (exact) mass is 917 g/mol. The van der Waals surface area contributed by atoms with Gasteiger partial charge in [-0.3, -0.25) is 4.79 Å². The van der Waals surface area contributed by atoms with Crippen molar-refractivity contribution in [2.24, 2.45) is 29.6 Å². The minimum Gasteiger partial charge on any atom is -0.481 e. The average Bonchev–Trinajstić information content (AvgIpc) is 3.94. The van der Waals surface area contributed by atoms with Gasteiger partial charge in [0, 0.05) is 77.8 Å². The molecule has 370 valence electrons. The molecule has 64 heavy (non-hydrogen) atoms. The third kappa shape index (κ3) is 9.46. The third-order valence-corrected chi connectivity index (χ3v) is 16.8. The zero-order valence-corrected chi connectivity index (χ0v) is 40.4. The number of rotatable bonds is 13. The van der Waals surface area contributed by atoms with Gasteiger partial charge in [0.25, 0.3) is 0 Å². The Kier molecular flexibility index (Phi) is 15.1. The zero-order valence-electron chi connectivity index (χ0n) is 40.4. The molecule has 0 aromatic rings. The SMILES string of the molecule is CO[C@@H]1[C@@H](OC)[C@H](C)[C@@](O)(CC(=O)O)O[C@H]1[C@H](C)[C@H]1O[C@@]2(CC[C@@](C)([C@H]3CC[C@@](C)([C@@H]4O[C@@H]([C@H]5O[C@](C)(O)[C@@H](C)C[C@@H]5C)C[C@@H]4O[C@@H]4C[C@H](OC)[C@@H](OC)[C@H](C)O4)O3)O2)C[C@H](O)[C@H]1C. The second-order valence-corrected chi connectivity index (χ2v) is 21.3. The van der Waals surface area contributed by atoms with Crippen LogP contribution in [-0.2, 0) is 61.6 Å². The Morgan fingerprint density at radius 1 is 0.766 bits per heavy atom. The Bertz CT molecular complexity index is 1600. The summed E-state index contributed by atoms with van der Waals surface area (Å²) in [6.45, 7) is 17.5.